The molecule has 8 heteroatoms. The minimum atomic E-state index is -0.706. The fraction of sp³-hybridized carbons (Fsp3) is 0.105. The SMILES string of the molecule is CN(C)C(=O)c1ccc(NC(=O)/C(C#N)=C/c2ccccc2[N+](=O)[O-])cc1. The lowest BCUT2D eigenvalue weighted by Gasteiger charge is -2.10. The van der Waals surface area contributed by atoms with Crippen molar-refractivity contribution in [2.24, 2.45) is 0 Å². The third kappa shape index (κ3) is 4.76. The van der Waals surface area contributed by atoms with Crippen LogP contribution in [0.2, 0.25) is 0 Å². The first-order valence-electron chi connectivity index (χ1n) is 7.81. The van der Waals surface area contributed by atoms with Gasteiger partial charge in [0.1, 0.15) is 11.6 Å². The van der Waals surface area contributed by atoms with Crippen LogP contribution in [-0.4, -0.2) is 35.7 Å². The summed E-state index contributed by atoms with van der Waals surface area (Å²) in [4.78, 5) is 36.1. The molecule has 0 saturated carbocycles. The molecule has 0 spiro atoms. The standard InChI is InChI=1S/C19H16N4O4/c1-22(2)19(25)13-7-9-16(10-8-13)21-18(24)15(12-20)11-14-5-3-4-6-17(14)23(26)27/h3-11H,1-2H3,(H,21,24)/b15-11+. The fourth-order valence-electron chi connectivity index (χ4n) is 2.23. The van der Waals surface area contributed by atoms with Crippen LogP contribution in [0.5, 0.6) is 0 Å². The molecule has 0 radical (unpaired) electrons. The van der Waals surface area contributed by atoms with Crippen molar-refractivity contribution < 1.29 is 14.5 Å². The lowest BCUT2D eigenvalue weighted by molar-refractivity contribution is -0.385. The Bertz CT molecular complexity index is 956. The molecule has 0 bridgehead atoms. The normalized spacial score (nSPS) is 10.6. The van der Waals surface area contributed by atoms with Gasteiger partial charge in [-0.15, -0.1) is 0 Å². The summed E-state index contributed by atoms with van der Waals surface area (Å²) in [5.74, 6) is -0.885. The zero-order valence-electron chi connectivity index (χ0n) is 14.7. The maximum absolute atomic E-state index is 12.3. The van der Waals surface area contributed by atoms with E-state index in [9.17, 15) is 25.0 Å². The highest BCUT2D eigenvalue weighted by Gasteiger charge is 2.15. The Morgan fingerprint density at radius 3 is 2.33 bits per heavy atom. The smallest absolute Gasteiger partial charge is 0.276 e. The molecule has 0 aliphatic rings. The molecule has 2 aromatic carbocycles. The van der Waals surface area contributed by atoms with E-state index in [4.69, 9.17) is 0 Å². The Morgan fingerprint density at radius 2 is 1.78 bits per heavy atom. The van der Waals surface area contributed by atoms with Gasteiger partial charge in [-0.1, -0.05) is 12.1 Å². The van der Waals surface area contributed by atoms with Crippen LogP contribution in [0.15, 0.2) is 54.1 Å². The number of nitrogens with one attached hydrogen (secondary N) is 1. The van der Waals surface area contributed by atoms with Gasteiger partial charge in [0, 0.05) is 31.4 Å². The molecule has 8 nitrogen and oxygen atoms in total. The molecule has 0 unspecified atom stereocenters. The van der Waals surface area contributed by atoms with E-state index in [2.05, 4.69) is 5.32 Å². The average molecular weight is 364 g/mol. The maximum Gasteiger partial charge on any atom is 0.276 e. The van der Waals surface area contributed by atoms with E-state index in [0.717, 1.165) is 6.08 Å². The van der Waals surface area contributed by atoms with Crippen molar-refractivity contribution in [2.75, 3.05) is 19.4 Å². The highest BCUT2D eigenvalue weighted by atomic mass is 16.6. The van der Waals surface area contributed by atoms with Crippen LogP contribution in [0.1, 0.15) is 15.9 Å². The second-order valence-corrected chi connectivity index (χ2v) is 5.72. The second-order valence-electron chi connectivity index (χ2n) is 5.72. The summed E-state index contributed by atoms with van der Waals surface area (Å²) in [6, 6.07) is 13.7. The average Bonchev–Trinajstić information content (AvgIpc) is 2.66. The zero-order valence-corrected chi connectivity index (χ0v) is 14.7. The summed E-state index contributed by atoms with van der Waals surface area (Å²) in [7, 11) is 3.26. The number of nitro groups is 1. The summed E-state index contributed by atoms with van der Waals surface area (Å²) in [6.07, 6.45) is 1.16. The molecule has 136 valence electrons. The summed E-state index contributed by atoms with van der Waals surface area (Å²) in [5.41, 5.74) is 0.511. The van der Waals surface area contributed by atoms with E-state index in [0.29, 0.717) is 11.3 Å². The number of carbonyl (C=O) groups excluding carboxylic acids is 2. The molecule has 0 heterocycles. The van der Waals surface area contributed by atoms with E-state index < -0.39 is 10.8 Å². The molecule has 2 rings (SSSR count). The Hall–Kier alpha value is -3.99. The monoisotopic (exact) mass is 364 g/mol. The largest absolute Gasteiger partial charge is 0.345 e. The van der Waals surface area contributed by atoms with Crippen molar-refractivity contribution in [1.82, 2.24) is 4.90 Å². The Kier molecular flexibility index (Phi) is 6.02. The van der Waals surface area contributed by atoms with Gasteiger partial charge in [0.25, 0.3) is 17.5 Å². The highest BCUT2D eigenvalue weighted by Crippen LogP contribution is 2.21. The molecular weight excluding hydrogens is 348 g/mol. The third-order valence-corrected chi connectivity index (χ3v) is 3.59. The van der Waals surface area contributed by atoms with Gasteiger partial charge in [0.15, 0.2) is 0 Å². The van der Waals surface area contributed by atoms with Crippen molar-refractivity contribution >= 4 is 29.3 Å². The summed E-state index contributed by atoms with van der Waals surface area (Å²) in [6.45, 7) is 0. The van der Waals surface area contributed by atoms with E-state index in [1.807, 2.05) is 0 Å². The maximum atomic E-state index is 12.3. The number of rotatable bonds is 5. The molecule has 0 atom stereocenters. The van der Waals surface area contributed by atoms with Gasteiger partial charge in [-0.05, 0) is 36.4 Å². The van der Waals surface area contributed by atoms with Crippen molar-refractivity contribution in [2.45, 2.75) is 0 Å². The second kappa shape index (κ2) is 8.40. The molecule has 0 aliphatic heterocycles. The minimum absolute atomic E-state index is 0.154. The van der Waals surface area contributed by atoms with E-state index in [-0.39, 0.29) is 22.7 Å². The Balaban J connectivity index is 2.22. The molecule has 0 saturated heterocycles. The molecule has 0 aliphatic carbocycles. The van der Waals surface area contributed by atoms with Gasteiger partial charge in [-0.25, -0.2) is 0 Å². The van der Waals surface area contributed by atoms with Crippen LogP contribution in [0.4, 0.5) is 11.4 Å². The van der Waals surface area contributed by atoms with Gasteiger partial charge in [0.2, 0.25) is 0 Å². The molecule has 2 amide bonds. The van der Waals surface area contributed by atoms with Crippen LogP contribution in [-0.2, 0) is 4.79 Å². The molecule has 27 heavy (non-hydrogen) atoms. The molecule has 0 aromatic heterocycles. The van der Waals surface area contributed by atoms with Crippen molar-refractivity contribution in [3.63, 3.8) is 0 Å². The fourth-order valence-corrected chi connectivity index (χ4v) is 2.23. The number of para-hydroxylation sites is 1. The number of amides is 2. The Labute approximate surface area is 155 Å². The first-order valence-corrected chi connectivity index (χ1v) is 7.81. The molecule has 1 N–H and O–H groups in total. The van der Waals surface area contributed by atoms with Crippen LogP contribution in [0.3, 0.4) is 0 Å². The molecular formula is C19H16N4O4. The summed E-state index contributed by atoms with van der Waals surface area (Å²) < 4.78 is 0. The molecule has 2 aromatic rings. The predicted molar refractivity (Wildman–Crippen MR) is 99.8 cm³/mol. The first kappa shape index (κ1) is 19.3. The number of nitrogens with zero attached hydrogens (tertiary/aromatic N) is 3. The lowest BCUT2D eigenvalue weighted by atomic mass is 10.1. The summed E-state index contributed by atoms with van der Waals surface area (Å²) in [5, 5.41) is 22.8. The lowest BCUT2D eigenvalue weighted by Crippen LogP contribution is -2.21. The van der Waals surface area contributed by atoms with E-state index in [1.165, 1.54) is 35.2 Å². The third-order valence-electron chi connectivity index (χ3n) is 3.59. The summed E-state index contributed by atoms with van der Waals surface area (Å²) >= 11 is 0. The number of nitro benzene ring substituents is 1. The van der Waals surface area contributed by atoms with Crippen LogP contribution < -0.4 is 5.32 Å². The first-order chi connectivity index (χ1) is 12.8. The van der Waals surface area contributed by atoms with Crippen molar-refractivity contribution in [1.29, 1.82) is 5.26 Å². The number of hydrogen-bond acceptors (Lipinski definition) is 5. The minimum Gasteiger partial charge on any atom is -0.345 e. The van der Waals surface area contributed by atoms with Crippen molar-refractivity contribution in [3.05, 3.63) is 75.3 Å². The van der Waals surface area contributed by atoms with Crippen molar-refractivity contribution in [3.8, 4) is 6.07 Å². The van der Waals surface area contributed by atoms with Gasteiger partial charge in [0.05, 0.1) is 10.5 Å². The quantitative estimate of drug-likeness (QED) is 0.379. The number of hydrogen-bond donors (Lipinski definition) is 1. The van der Waals surface area contributed by atoms with Gasteiger partial charge in [-0.3, -0.25) is 19.7 Å². The topological polar surface area (TPSA) is 116 Å². The number of benzene rings is 2. The van der Waals surface area contributed by atoms with Crippen LogP contribution in [0.25, 0.3) is 6.08 Å². The van der Waals surface area contributed by atoms with Gasteiger partial charge < -0.3 is 10.2 Å². The number of nitriles is 1. The Morgan fingerprint density at radius 1 is 1.15 bits per heavy atom. The van der Waals surface area contributed by atoms with E-state index >= 15 is 0 Å². The van der Waals surface area contributed by atoms with Crippen LogP contribution in [0, 0.1) is 21.4 Å². The zero-order chi connectivity index (χ0) is 20.0. The number of carbonyl (C=O) groups is 2. The van der Waals surface area contributed by atoms with Crippen LogP contribution >= 0.6 is 0 Å². The molecule has 0 fully saturated rings. The number of anilines is 1. The predicted octanol–water partition coefficient (Wildman–Crippen LogP) is 2.84. The van der Waals surface area contributed by atoms with Gasteiger partial charge >= 0.3 is 0 Å². The highest BCUT2D eigenvalue weighted by molar-refractivity contribution is 6.10. The van der Waals surface area contributed by atoms with Gasteiger partial charge in [-0.2, -0.15) is 5.26 Å². The van der Waals surface area contributed by atoms with E-state index in [1.54, 1.807) is 38.4 Å².